The summed E-state index contributed by atoms with van der Waals surface area (Å²) in [5.74, 6) is -1.54. The molecule has 3 amide bonds. The smallest absolute Gasteiger partial charge is 0.387 e. The van der Waals surface area contributed by atoms with Gasteiger partial charge in [0.05, 0.1) is 12.6 Å². The largest absolute Gasteiger partial charge is 0.489 e. The van der Waals surface area contributed by atoms with Crippen molar-refractivity contribution in [3.8, 4) is 23.0 Å². The lowest BCUT2D eigenvalue weighted by atomic mass is 10.2. The Labute approximate surface area is 199 Å². The molecule has 10 nitrogen and oxygen atoms in total. The number of nitrogens with one attached hydrogen (secondary N) is 1. The Bertz CT molecular complexity index is 1070. The van der Waals surface area contributed by atoms with Gasteiger partial charge in [0, 0.05) is 5.56 Å². The van der Waals surface area contributed by atoms with E-state index in [9.17, 15) is 23.2 Å². The van der Waals surface area contributed by atoms with E-state index in [2.05, 4.69) is 15.0 Å². The molecule has 1 saturated carbocycles. The van der Waals surface area contributed by atoms with Crippen LogP contribution in [0.4, 0.5) is 8.78 Å². The third-order valence-corrected chi connectivity index (χ3v) is 5.08. The van der Waals surface area contributed by atoms with Gasteiger partial charge in [-0.25, -0.2) is 4.98 Å². The number of amides is 3. The van der Waals surface area contributed by atoms with Crippen LogP contribution in [0.5, 0.6) is 11.5 Å². The number of piperazine rings is 1. The molecule has 2 aliphatic rings. The number of nitrogens with two attached hydrogens (primary N) is 1. The predicted molar refractivity (Wildman–Crippen MR) is 116 cm³/mol. The molecule has 0 radical (unpaired) electrons. The van der Waals surface area contributed by atoms with Crippen LogP contribution in [0.15, 0.2) is 22.6 Å². The van der Waals surface area contributed by atoms with Crippen LogP contribution in [0.1, 0.15) is 42.1 Å². The molecule has 1 atom stereocenters. The van der Waals surface area contributed by atoms with Gasteiger partial charge < -0.3 is 24.5 Å². The molecule has 1 aromatic carbocycles. The van der Waals surface area contributed by atoms with E-state index in [1.54, 1.807) is 6.92 Å². The molecule has 2 aromatic rings. The summed E-state index contributed by atoms with van der Waals surface area (Å²) in [6, 6.07) is 3.44. The quantitative estimate of drug-likeness (QED) is 0.527. The van der Waals surface area contributed by atoms with Gasteiger partial charge in [-0.15, -0.1) is 12.4 Å². The molecular weight excluding hydrogens is 478 g/mol. The van der Waals surface area contributed by atoms with Crippen LogP contribution >= 0.6 is 12.4 Å². The number of ether oxygens (including phenoxy) is 2. The van der Waals surface area contributed by atoms with Gasteiger partial charge in [0.1, 0.15) is 13.1 Å². The molecule has 1 aliphatic carbocycles. The zero-order valence-corrected chi connectivity index (χ0v) is 18.9. The van der Waals surface area contributed by atoms with Gasteiger partial charge in [0.2, 0.25) is 17.7 Å². The van der Waals surface area contributed by atoms with Crippen molar-refractivity contribution in [1.29, 1.82) is 0 Å². The van der Waals surface area contributed by atoms with Crippen LogP contribution in [0.3, 0.4) is 0 Å². The zero-order chi connectivity index (χ0) is 23.7. The molecular formula is C21H23ClF2N4O6. The first-order valence-corrected chi connectivity index (χ1v) is 10.3. The van der Waals surface area contributed by atoms with Crippen molar-refractivity contribution in [2.75, 3.05) is 19.7 Å². The summed E-state index contributed by atoms with van der Waals surface area (Å²) in [5.41, 5.74) is 6.15. The third-order valence-electron chi connectivity index (χ3n) is 5.08. The van der Waals surface area contributed by atoms with Crippen molar-refractivity contribution in [3.05, 3.63) is 29.7 Å². The minimum atomic E-state index is -3.03. The minimum Gasteiger partial charge on any atom is -0.489 e. The topological polar surface area (TPSA) is 137 Å². The summed E-state index contributed by atoms with van der Waals surface area (Å²) in [5, 5.41) is 2.11. The number of carbonyl (C=O) groups excluding carboxylic acids is 3. The average molecular weight is 501 g/mol. The Balaban J connectivity index is 0.00000324. The van der Waals surface area contributed by atoms with Crippen LogP contribution in [0, 0.1) is 5.92 Å². The number of hydrogen-bond acceptors (Lipinski definition) is 8. The number of benzene rings is 1. The van der Waals surface area contributed by atoms with E-state index in [0.717, 1.165) is 17.7 Å². The monoisotopic (exact) mass is 500 g/mol. The second kappa shape index (κ2) is 10.3. The number of alkyl halides is 2. The van der Waals surface area contributed by atoms with Crippen molar-refractivity contribution in [2.24, 2.45) is 11.7 Å². The maximum Gasteiger partial charge on any atom is 0.387 e. The fourth-order valence-electron chi connectivity index (χ4n) is 3.29. The summed E-state index contributed by atoms with van der Waals surface area (Å²) >= 11 is 0. The van der Waals surface area contributed by atoms with E-state index in [-0.39, 0.29) is 54.3 Å². The van der Waals surface area contributed by atoms with Gasteiger partial charge in [0.15, 0.2) is 23.0 Å². The SMILES string of the molecule is CC(N)c1oc(-c2ccc(OC(F)F)c(OCC3CC3)c2)nc1C(=O)N1CC(=O)NC(=O)C1.Cl. The summed E-state index contributed by atoms with van der Waals surface area (Å²) in [7, 11) is 0. The molecule has 1 aliphatic heterocycles. The summed E-state index contributed by atoms with van der Waals surface area (Å²) in [4.78, 5) is 41.6. The Morgan fingerprint density at radius 3 is 2.53 bits per heavy atom. The van der Waals surface area contributed by atoms with Crippen LogP contribution in [-0.4, -0.2) is 53.9 Å². The molecule has 13 heteroatoms. The second-order valence-corrected chi connectivity index (χ2v) is 7.95. The van der Waals surface area contributed by atoms with E-state index < -0.39 is 30.4 Å². The van der Waals surface area contributed by atoms with Gasteiger partial charge in [-0.1, -0.05) is 0 Å². The second-order valence-electron chi connectivity index (χ2n) is 7.95. The highest BCUT2D eigenvalue weighted by molar-refractivity contribution is 6.05. The lowest BCUT2D eigenvalue weighted by Crippen LogP contribution is -2.53. The number of oxazole rings is 1. The highest BCUT2D eigenvalue weighted by Gasteiger charge is 2.32. The van der Waals surface area contributed by atoms with E-state index >= 15 is 0 Å². The van der Waals surface area contributed by atoms with Gasteiger partial charge in [-0.2, -0.15) is 8.78 Å². The maximum absolute atomic E-state index is 13.0. The van der Waals surface area contributed by atoms with Crippen LogP contribution in [0.2, 0.25) is 0 Å². The highest BCUT2D eigenvalue weighted by atomic mass is 35.5. The summed E-state index contributed by atoms with van der Waals surface area (Å²) in [6.07, 6.45) is 2.01. The lowest BCUT2D eigenvalue weighted by molar-refractivity contribution is -0.135. The number of halogens is 3. The molecule has 0 bridgehead atoms. The molecule has 184 valence electrons. The fourth-order valence-corrected chi connectivity index (χ4v) is 3.29. The average Bonchev–Trinajstić information content (AvgIpc) is 3.46. The highest BCUT2D eigenvalue weighted by Crippen LogP contribution is 2.37. The van der Waals surface area contributed by atoms with Crippen LogP contribution in [-0.2, 0) is 9.59 Å². The molecule has 0 spiro atoms. The molecule has 2 fully saturated rings. The normalized spacial score (nSPS) is 16.7. The first-order valence-electron chi connectivity index (χ1n) is 10.3. The van der Waals surface area contributed by atoms with Gasteiger partial charge in [-0.3, -0.25) is 19.7 Å². The number of carbonyl (C=O) groups is 3. The number of aromatic nitrogens is 1. The standard InChI is InChI=1S/C21H22F2N4O6.ClH/c1-10(24)18-17(20(30)27-7-15(28)25-16(29)8-27)26-19(33-18)12-4-5-13(32-21(22)23)14(6-12)31-9-11-2-3-11;/h4-6,10-11,21H,2-3,7-9,24H2,1H3,(H,25,28,29);1H. The molecule has 34 heavy (non-hydrogen) atoms. The Hall–Kier alpha value is -3.25. The van der Waals surface area contributed by atoms with E-state index in [1.807, 2.05) is 0 Å². The molecule has 1 aromatic heterocycles. The van der Waals surface area contributed by atoms with Crippen molar-refractivity contribution < 1.29 is 37.1 Å². The first-order chi connectivity index (χ1) is 15.7. The van der Waals surface area contributed by atoms with E-state index in [0.29, 0.717) is 18.1 Å². The van der Waals surface area contributed by atoms with Crippen molar-refractivity contribution in [3.63, 3.8) is 0 Å². The number of hydrogen-bond donors (Lipinski definition) is 2. The first kappa shape index (κ1) is 25.4. The summed E-state index contributed by atoms with van der Waals surface area (Å²) in [6.45, 7) is -1.72. The molecule has 3 N–H and O–H groups in total. The predicted octanol–water partition coefficient (Wildman–Crippen LogP) is 2.27. The van der Waals surface area contributed by atoms with Gasteiger partial charge in [-0.05, 0) is 43.9 Å². The molecule has 2 heterocycles. The van der Waals surface area contributed by atoms with E-state index in [4.69, 9.17) is 14.9 Å². The van der Waals surface area contributed by atoms with Crippen molar-refractivity contribution in [1.82, 2.24) is 15.2 Å². The van der Waals surface area contributed by atoms with Crippen molar-refractivity contribution in [2.45, 2.75) is 32.4 Å². The fraction of sp³-hybridized carbons (Fsp3) is 0.429. The van der Waals surface area contributed by atoms with Gasteiger partial charge >= 0.3 is 6.61 Å². The Kier molecular flexibility index (Phi) is 7.72. The lowest BCUT2D eigenvalue weighted by Gasteiger charge is -2.24. The number of nitrogens with zero attached hydrogens (tertiary/aromatic N) is 2. The van der Waals surface area contributed by atoms with Crippen molar-refractivity contribution >= 4 is 30.1 Å². The Morgan fingerprint density at radius 2 is 1.94 bits per heavy atom. The number of imide groups is 1. The third kappa shape index (κ3) is 5.81. The van der Waals surface area contributed by atoms with E-state index in [1.165, 1.54) is 18.2 Å². The minimum absolute atomic E-state index is 0. The molecule has 4 rings (SSSR count). The maximum atomic E-state index is 13.0. The van der Waals surface area contributed by atoms with Crippen LogP contribution in [0.25, 0.3) is 11.5 Å². The number of rotatable bonds is 8. The Morgan fingerprint density at radius 1 is 1.26 bits per heavy atom. The van der Waals surface area contributed by atoms with Crippen LogP contribution < -0.4 is 20.5 Å². The molecule has 1 unspecified atom stereocenters. The van der Waals surface area contributed by atoms with Gasteiger partial charge in [0.25, 0.3) is 5.91 Å². The summed E-state index contributed by atoms with van der Waals surface area (Å²) < 4.78 is 41.5. The zero-order valence-electron chi connectivity index (χ0n) is 18.1. The molecule has 1 saturated heterocycles.